The molecule has 3 nitrogen and oxygen atoms in total. The predicted octanol–water partition coefficient (Wildman–Crippen LogP) is 5.58. The van der Waals surface area contributed by atoms with E-state index in [1.54, 1.807) is 0 Å². The molecule has 0 unspecified atom stereocenters. The molecule has 2 heterocycles. The van der Waals surface area contributed by atoms with Crippen LogP contribution in [-0.4, -0.2) is 28.5 Å². The Morgan fingerprint density at radius 2 is 1.72 bits per heavy atom. The molecule has 1 aliphatic heterocycles. The van der Waals surface area contributed by atoms with Crippen molar-refractivity contribution >= 4 is 16.8 Å². The lowest BCUT2D eigenvalue weighted by molar-refractivity contribution is -0.130. The lowest BCUT2D eigenvalue weighted by Crippen LogP contribution is -2.29. The molecular weight excluding hydrogens is 363 g/mol. The van der Waals surface area contributed by atoms with Crippen LogP contribution in [0, 0.1) is 11.7 Å². The molecule has 1 saturated heterocycles. The fourth-order valence-electron chi connectivity index (χ4n) is 4.48. The van der Waals surface area contributed by atoms with Crippen LogP contribution >= 0.6 is 0 Å². The average Bonchev–Trinajstić information content (AvgIpc) is 3.37. The third kappa shape index (κ3) is 4.21. The highest BCUT2D eigenvalue weighted by atomic mass is 19.1. The lowest BCUT2D eigenvalue weighted by atomic mass is 9.85. The summed E-state index contributed by atoms with van der Waals surface area (Å²) < 4.78 is 15.5. The molecule has 1 atom stereocenters. The normalized spacial score (nSPS) is 15.4. The first-order valence-corrected chi connectivity index (χ1v) is 10.6. The van der Waals surface area contributed by atoms with Gasteiger partial charge in [0.05, 0.1) is 0 Å². The number of hydrogen-bond donors (Lipinski definition) is 0. The second-order valence-corrected chi connectivity index (χ2v) is 8.50. The average molecular weight is 393 g/mol. The van der Waals surface area contributed by atoms with Gasteiger partial charge in [-0.2, -0.15) is 0 Å². The number of carbonyl (C=O) groups is 1. The Morgan fingerprint density at radius 3 is 2.41 bits per heavy atom. The highest BCUT2D eigenvalue weighted by molar-refractivity contribution is 5.86. The summed E-state index contributed by atoms with van der Waals surface area (Å²) in [7, 11) is 0. The largest absolute Gasteiger partial charge is 0.343 e. The monoisotopic (exact) mass is 392 g/mol. The van der Waals surface area contributed by atoms with Crippen molar-refractivity contribution in [2.24, 2.45) is 5.92 Å². The molecule has 3 aromatic rings. The number of para-hydroxylation sites is 1. The van der Waals surface area contributed by atoms with Gasteiger partial charge in [0, 0.05) is 43.2 Å². The lowest BCUT2D eigenvalue weighted by Gasteiger charge is -2.23. The van der Waals surface area contributed by atoms with E-state index in [2.05, 4.69) is 42.8 Å². The fourth-order valence-corrected chi connectivity index (χ4v) is 4.48. The van der Waals surface area contributed by atoms with Crippen molar-refractivity contribution in [1.29, 1.82) is 0 Å². The van der Waals surface area contributed by atoms with Crippen LogP contribution in [0.3, 0.4) is 0 Å². The van der Waals surface area contributed by atoms with Gasteiger partial charge in [-0.3, -0.25) is 4.79 Å². The maximum atomic E-state index is 13.3. The number of aromatic nitrogens is 1. The number of fused-ring (bicyclic) bond motifs is 1. The van der Waals surface area contributed by atoms with Gasteiger partial charge in [-0.05, 0) is 54.0 Å². The van der Waals surface area contributed by atoms with Crippen molar-refractivity contribution in [2.45, 2.75) is 45.6 Å². The Bertz CT molecular complexity index is 984. The zero-order valence-corrected chi connectivity index (χ0v) is 17.3. The molecule has 1 amide bonds. The Labute approximate surface area is 172 Å². The van der Waals surface area contributed by atoms with Crippen molar-refractivity contribution < 1.29 is 9.18 Å². The summed E-state index contributed by atoms with van der Waals surface area (Å²) >= 11 is 0. The van der Waals surface area contributed by atoms with E-state index in [9.17, 15) is 9.18 Å². The van der Waals surface area contributed by atoms with Crippen LogP contribution in [0.4, 0.5) is 4.39 Å². The van der Waals surface area contributed by atoms with E-state index >= 15 is 0 Å². The van der Waals surface area contributed by atoms with Crippen molar-refractivity contribution in [3.63, 3.8) is 0 Å². The van der Waals surface area contributed by atoms with Gasteiger partial charge in [-0.15, -0.1) is 0 Å². The highest BCUT2D eigenvalue weighted by Gasteiger charge is 2.27. The number of hydrogen-bond acceptors (Lipinski definition) is 1. The van der Waals surface area contributed by atoms with Gasteiger partial charge in [0.2, 0.25) is 5.91 Å². The summed E-state index contributed by atoms with van der Waals surface area (Å²) in [6.07, 6.45) is 5.00. The molecule has 1 aromatic heterocycles. The third-order valence-electron chi connectivity index (χ3n) is 6.14. The first kappa shape index (κ1) is 19.7. The molecule has 29 heavy (non-hydrogen) atoms. The van der Waals surface area contributed by atoms with Gasteiger partial charge in [0.15, 0.2) is 0 Å². The molecule has 1 fully saturated rings. The number of benzene rings is 2. The summed E-state index contributed by atoms with van der Waals surface area (Å²) in [5.74, 6) is 0.609. The van der Waals surface area contributed by atoms with Gasteiger partial charge in [-0.25, -0.2) is 4.39 Å². The first-order chi connectivity index (χ1) is 14.0. The Hall–Kier alpha value is -2.62. The van der Waals surface area contributed by atoms with Crippen molar-refractivity contribution in [3.8, 4) is 0 Å². The number of likely N-dealkylation sites (tertiary alicyclic amines) is 1. The molecule has 0 bridgehead atoms. The maximum Gasteiger partial charge on any atom is 0.223 e. The second kappa shape index (κ2) is 8.40. The smallest absolute Gasteiger partial charge is 0.223 e. The van der Waals surface area contributed by atoms with E-state index in [1.807, 2.05) is 23.1 Å². The number of carbonyl (C=O) groups excluding carboxylic acids is 1. The second-order valence-electron chi connectivity index (χ2n) is 8.50. The molecule has 4 rings (SSSR count). The predicted molar refractivity (Wildman–Crippen MR) is 115 cm³/mol. The molecule has 0 aliphatic carbocycles. The van der Waals surface area contributed by atoms with E-state index < -0.39 is 0 Å². The summed E-state index contributed by atoms with van der Waals surface area (Å²) in [5, 5.41) is 1.21. The topological polar surface area (TPSA) is 25.2 Å². The molecule has 152 valence electrons. The van der Waals surface area contributed by atoms with E-state index in [0.29, 0.717) is 18.9 Å². The molecule has 1 aliphatic rings. The SMILES string of the molecule is CC(C)[C@@H](CC(=O)N1CCCC1)c1cn(Cc2ccc(F)cc2)c2ccccc12. The van der Waals surface area contributed by atoms with Gasteiger partial charge >= 0.3 is 0 Å². The molecule has 0 radical (unpaired) electrons. The summed E-state index contributed by atoms with van der Waals surface area (Å²) in [4.78, 5) is 14.9. The fraction of sp³-hybridized carbons (Fsp3) is 0.400. The quantitative estimate of drug-likeness (QED) is 0.537. The van der Waals surface area contributed by atoms with Gasteiger partial charge < -0.3 is 9.47 Å². The first-order valence-electron chi connectivity index (χ1n) is 10.6. The molecule has 0 saturated carbocycles. The Morgan fingerprint density at radius 1 is 1.03 bits per heavy atom. The van der Waals surface area contributed by atoms with Crippen LogP contribution in [0.5, 0.6) is 0 Å². The minimum atomic E-state index is -0.216. The number of nitrogens with zero attached hydrogens (tertiary/aromatic N) is 2. The van der Waals surface area contributed by atoms with Crippen molar-refractivity contribution in [1.82, 2.24) is 9.47 Å². The van der Waals surface area contributed by atoms with Crippen molar-refractivity contribution in [3.05, 3.63) is 71.7 Å². The van der Waals surface area contributed by atoms with Crippen LogP contribution in [-0.2, 0) is 11.3 Å². The van der Waals surface area contributed by atoms with E-state index in [0.717, 1.165) is 37.0 Å². The van der Waals surface area contributed by atoms with Crippen LogP contribution in [0.15, 0.2) is 54.7 Å². The van der Waals surface area contributed by atoms with Crippen molar-refractivity contribution in [2.75, 3.05) is 13.1 Å². The minimum absolute atomic E-state index is 0.183. The zero-order valence-electron chi connectivity index (χ0n) is 17.3. The maximum absolute atomic E-state index is 13.3. The molecule has 4 heteroatoms. The van der Waals surface area contributed by atoms with E-state index in [1.165, 1.54) is 23.1 Å². The van der Waals surface area contributed by atoms with Gasteiger partial charge in [0.25, 0.3) is 0 Å². The van der Waals surface area contributed by atoms with Gasteiger partial charge in [0.1, 0.15) is 5.82 Å². The summed E-state index contributed by atoms with van der Waals surface area (Å²) in [5.41, 5.74) is 3.46. The molecule has 0 spiro atoms. The number of amides is 1. The third-order valence-corrected chi connectivity index (χ3v) is 6.14. The van der Waals surface area contributed by atoms with Crippen LogP contribution in [0.2, 0.25) is 0 Å². The van der Waals surface area contributed by atoms with Crippen LogP contribution in [0.1, 0.15) is 50.2 Å². The Balaban J connectivity index is 1.67. The number of rotatable bonds is 6. The number of halogens is 1. The molecule has 0 N–H and O–H groups in total. The summed E-state index contributed by atoms with van der Waals surface area (Å²) in [6.45, 7) is 6.89. The van der Waals surface area contributed by atoms with E-state index in [4.69, 9.17) is 0 Å². The Kier molecular flexibility index (Phi) is 5.70. The summed E-state index contributed by atoms with van der Waals surface area (Å²) in [6, 6.07) is 15.1. The molecular formula is C25H29FN2O. The van der Waals surface area contributed by atoms with E-state index in [-0.39, 0.29) is 17.6 Å². The highest BCUT2D eigenvalue weighted by Crippen LogP contribution is 2.35. The van der Waals surface area contributed by atoms with Gasteiger partial charge in [-0.1, -0.05) is 44.2 Å². The van der Waals surface area contributed by atoms with Crippen LogP contribution in [0.25, 0.3) is 10.9 Å². The van der Waals surface area contributed by atoms with Crippen LogP contribution < -0.4 is 0 Å². The molecule has 2 aromatic carbocycles. The minimum Gasteiger partial charge on any atom is -0.343 e. The zero-order chi connectivity index (χ0) is 20.4. The standard InChI is InChI=1S/C25H29FN2O/c1-18(2)22(15-25(29)27-13-5-6-14-27)23-17-28(24-8-4-3-7-21(23)24)16-19-9-11-20(26)12-10-19/h3-4,7-12,17-18,22H,5-6,13-16H2,1-2H3/t22-/m1/s1.